The van der Waals surface area contributed by atoms with Crippen LogP contribution in [0.5, 0.6) is 0 Å². The topological polar surface area (TPSA) is 45.2 Å². The average Bonchev–Trinajstić information content (AvgIpc) is 3.04. The van der Waals surface area contributed by atoms with E-state index < -0.39 is 0 Å². The predicted octanol–water partition coefficient (Wildman–Crippen LogP) is 3.76. The van der Waals surface area contributed by atoms with Gasteiger partial charge in [0.05, 0.1) is 5.69 Å². The molecule has 1 amide bonds. The molecule has 1 aromatic carbocycles. The van der Waals surface area contributed by atoms with Crippen LogP contribution in [0.2, 0.25) is 0 Å². The first-order valence-corrected chi connectivity index (χ1v) is 8.79. The first kappa shape index (κ1) is 13.8. The Labute approximate surface area is 134 Å². The smallest absolute Gasteiger partial charge is 0.227 e. The van der Waals surface area contributed by atoms with Crippen LogP contribution in [0.4, 0.5) is 10.8 Å². The minimum Gasteiger partial charge on any atom is -0.348 e. The fraction of sp³-hybridized carbons (Fsp3) is 0.412. The third kappa shape index (κ3) is 2.86. The maximum atomic E-state index is 11.9. The Hall–Kier alpha value is -1.88. The molecule has 0 unspecified atom stereocenters. The zero-order valence-corrected chi connectivity index (χ0v) is 13.2. The van der Waals surface area contributed by atoms with Gasteiger partial charge in [0.15, 0.2) is 5.13 Å². The van der Waals surface area contributed by atoms with Crippen molar-refractivity contribution < 1.29 is 4.79 Å². The van der Waals surface area contributed by atoms with Crippen LogP contribution in [0, 0.1) is 5.92 Å². The summed E-state index contributed by atoms with van der Waals surface area (Å²) < 4.78 is 0. The number of amides is 1. The Morgan fingerprint density at radius 3 is 2.86 bits per heavy atom. The molecule has 2 aromatic rings. The van der Waals surface area contributed by atoms with E-state index in [0.29, 0.717) is 0 Å². The molecule has 4 rings (SSSR count). The summed E-state index contributed by atoms with van der Waals surface area (Å²) in [7, 11) is 0. The van der Waals surface area contributed by atoms with Crippen molar-refractivity contribution in [3.8, 4) is 11.3 Å². The van der Waals surface area contributed by atoms with Crippen molar-refractivity contribution >= 4 is 28.1 Å². The van der Waals surface area contributed by atoms with Crippen molar-refractivity contribution in [1.29, 1.82) is 0 Å². The van der Waals surface area contributed by atoms with Crippen LogP contribution in [0.15, 0.2) is 29.6 Å². The number of rotatable bonds is 4. The molecule has 114 valence electrons. The zero-order chi connectivity index (χ0) is 14.9. The molecule has 2 heterocycles. The molecule has 1 N–H and O–H groups in total. The maximum absolute atomic E-state index is 11.9. The van der Waals surface area contributed by atoms with Crippen LogP contribution in [-0.2, 0) is 4.79 Å². The van der Waals surface area contributed by atoms with E-state index in [1.165, 1.54) is 12.8 Å². The van der Waals surface area contributed by atoms with Crippen molar-refractivity contribution in [3.05, 3.63) is 29.6 Å². The highest BCUT2D eigenvalue weighted by molar-refractivity contribution is 7.14. The third-order valence-corrected chi connectivity index (χ3v) is 5.14. The number of hydrogen-bond acceptors (Lipinski definition) is 4. The fourth-order valence-electron chi connectivity index (χ4n) is 2.80. The Bertz CT molecular complexity index is 687. The van der Waals surface area contributed by atoms with Crippen molar-refractivity contribution in [2.45, 2.75) is 25.7 Å². The molecular weight excluding hydrogens is 294 g/mol. The van der Waals surface area contributed by atoms with Crippen LogP contribution in [0.1, 0.15) is 25.7 Å². The number of benzene rings is 1. The summed E-state index contributed by atoms with van der Waals surface area (Å²) in [6.07, 6.45) is 4.57. The summed E-state index contributed by atoms with van der Waals surface area (Å²) in [6.45, 7) is 2.23. The summed E-state index contributed by atoms with van der Waals surface area (Å²) in [5.41, 5.74) is 2.93. The van der Waals surface area contributed by atoms with Gasteiger partial charge < -0.3 is 10.2 Å². The third-order valence-electron chi connectivity index (χ3n) is 4.24. The molecule has 1 aliphatic carbocycles. The van der Waals surface area contributed by atoms with Gasteiger partial charge in [0.1, 0.15) is 0 Å². The van der Waals surface area contributed by atoms with Crippen LogP contribution in [0.25, 0.3) is 11.3 Å². The van der Waals surface area contributed by atoms with Crippen molar-refractivity contribution in [3.63, 3.8) is 0 Å². The molecule has 0 bridgehead atoms. The lowest BCUT2D eigenvalue weighted by Crippen LogP contribution is -2.17. The van der Waals surface area contributed by atoms with E-state index in [4.69, 9.17) is 4.98 Å². The molecule has 0 spiro atoms. The van der Waals surface area contributed by atoms with E-state index in [1.54, 1.807) is 11.3 Å². The van der Waals surface area contributed by atoms with Crippen LogP contribution in [-0.4, -0.2) is 24.0 Å². The Morgan fingerprint density at radius 1 is 1.27 bits per heavy atom. The standard InChI is InChI=1S/C17H19N3OS/c21-16(12-6-7-12)18-14-5-3-4-13(10-14)15-11-22-17(19-15)20-8-1-2-9-20/h3-5,10-12H,1-2,6-9H2,(H,18,21). The molecule has 4 nitrogen and oxygen atoms in total. The highest BCUT2D eigenvalue weighted by Gasteiger charge is 2.29. The number of nitrogens with zero attached hydrogens (tertiary/aromatic N) is 2. The average molecular weight is 313 g/mol. The number of carbonyl (C=O) groups excluding carboxylic acids is 1. The first-order chi connectivity index (χ1) is 10.8. The van der Waals surface area contributed by atoms with Crippen molar-refractivity contribution in [1.82, 2.24) is 4.98 Å². The number of thiazole rings is 1. The van der Waals surface area contributed by atoms with Crippen molar-refractivity contribution in [2.75, 3.05) is 23.3 Å². The minimum absolute atomic E-state index is 0.146. The van der Waals surface area contributed by atoms with Gasteiger partial charge in [0.25, 0.3) is 0 Å². The van der Waals surface area contributed by atoms with Crippen LogP contribution >= 0.6 is 11.3 Å². The normalized spacial score (nSPS) is 17.7. The molecule has 0 radical (unpaired) electrons. The largest absolute Gasteiger partial charge is 0.348 e. The fourth-order valence-corrected chi connectivity index (χ4v) is 3.69. The first-order valence-electron chi connectivity index (χ1n) is 7.91. The van der Waals surface area contributed by atoms with E-state index in [2.05, 4.69) is 21.7 Å². The summed E-state index contributed by atoms with van der Waals surface area (Å²) in [5, 5.41) is 6.22. The highest BCUT2D eigenvalue weighted by Crippen LogP contribution is 2.32. The van der Waals surface area contributed by atoms with Gasteiger partial charge in [-0.3, -0.25) is 4.79 Å². The summed E-state index contributed by atoms with van der Waals surface area (Å²) >= 11 is 1.70. The molecule has 1 saturated heterocycles. The minimum atomic E-state index is 0.146. The molecule has 0 atom stereocenters. The summed E-state index contributed by atoms with van der Waals surface area (Å²) in [6, 6.07) is 7.99. The Morgan fingerprint density at radius 2 is 2.09 bits per heavy atom. The van der Waals surface area contributed by atoms with Gasteiger partial charge in [-0.1, -0.05) is 12.1 Å². The molecule has 2 aliphatic rings. The quantitative estimate of drug-likeness (QED) is 0.935. The van der Waals surface area contributed by atoms with Crippen LogP contribution in [0.3, 0.4) is 0 Å². The van der Waals surface area contributed by atoms with Crippen LogP contribution < -0.4 is 10.2 Å². The maximum Gasteiger partial charge on any atom is 0.227 e. The van der Waals surface area contributed by atoms with Gasteiger partial charge in [0, 0.05) is 35.6 Å². The van der Waals surface area contributed by atoms with Gasteiger partial charge in [-0.15, -0.1) is 11.3 Å². The summed E-state index contributed by atoms with van der Waals surface area (Å²) in [5.74, 6) is 0.373. The van der Waals surface area contributed by atoms with E-state index in [0.717, 1.165) is 48.0 Å². The zero-order valence-electron chi connectivity index (χ0n) is 12.4. The van der Waals surface area contributed by atoms with Gasteiger partial charge in [0.2, 0.25) is 5.91 Å². The van der Waals surface area contributed by atoms with E-state index in [-0.39, 0.29) is 11.8 Å². The number of nitrogens with one attached hydrogen (secondary N) is 1. The number of carbonyl (C=O) groups is 1. The molecule has 1 aromatic heterocycles. The lowest BCUT2D eigenvalue weighted by atomic mass is 10.1. The van der Waals surface area contributed by atoms with Gasteiger partial charge in [-0.2, -0.15) is 0 Å². The second-order valence-electron chi connectivity index (χ2n) is 6.05. The monoisotopic (exact) mass is 313 g/mol. The number of hydrogen-bond donors (Lipinski definition) is 1. The number of aromatic nitrogens is 1. The molecule has 22 heavy (non-hydrogen) atoms. The number of anilines is 2. The Kier molecular flexibility index (Phi) is 3.58. The molecule has 5 heteroatoms. The second-order valence-corrected chi connectivity index (χ2v) is 6.89. The molecule has 1 saturated carbocycles. The molecular formula is C17H19N3OS. The van der Waals surface area contributed by atoms with E-state index >= 15 is 0 Å². The predicted molar refractivity (Wildman–Crippen MR) is 90.4 cm³/mol. The van der Waals surface area contributed by atoms with E-state index in [1.807, 2.05) is 18.2 Å². The lowest BCUT2D eigenvalue weighted by Gasteiger charge is -2.12. The van der Waals surface area contributed by atoms with Crippen molar-refractivity contribution in [2.24, 2.45) is 5.92 Å². The second kappa shape index (κ2) is 5.72. The van der Waals surface area contributed by atoms with E-state index in [9.17, 15) is 4.79 Å². The molecule has 2 fully saturated rings. The van der Waals surface area contributed by atoms with Gasteiger partial charge >= 0.3 is 0 Å². The van der Waals surface area contributed by atoms with Gasteiger partial charge in [-0.25, -0.2) is 4.98 Å². The lowest BCUT2D eigenvalue weighted by molar-refractivity contribution is -0.117. The highest BCUT2D eigenvalue weighted by atomic mass is 32.1. The Balaban J connectivity index is 1.52. The summed E-state index contributed by atoms with van der Waals surface area (Å²) in [4.78, 5) is 19.0. The SMILES string of the molecule is O=C(Nc1cccc(-c2csc(N3CCCC3)n2)c1)C1CC1. The van der Waals surface area contributed by atoms with Gasteiger partial charge in [-0.05, 0) is 37.8 Å². The molecule has 1 aliphatic heterocycles.